The molecule has 2 aliphatic rings. The minimum absolute atomic E-state index is 0.668. The summed E-state index contributed by atoms with van der Waals surface area (Å²) in [5, 5.41) is 9.27. The number of carbonyl (C=O) groups excluding carboxylic acids is 2. The lowest BCUT2D eigenvalue weighted by atomic mass is 10.9. The van der Waals surface area contributed by atoms with Crippen LogP contribution in [0.3, 0.4) is 0 Å². The van der Waals surface area contributed by atoms with Crippen LogP contribution in [0.15, 0.2) is 10.3 Å². The highest BCUT2D eigenvalue weighted by atomic mass is 32.2. The second-order valence-electron chi connectivity index (χ2n) is 4.56. The number of rotatable bonds is 4. The summed E-state index contributed by atoms with van der Waals surface area (Å²) in [5.74, 6) is 5.55. The Hall–Kier alpha value is -0.370. The van der Waals surface area contributed by atoms with Crippen molar-refractivity contribution in [2.24, 2.45) is 10.3 Å². The Bertz CT molecular complexity index is 486. The van der Waals surface area contributed by atoms with Gasteiger partial charge in [-0.15, -0.1) is 23.5 Å². The van der Waals surface area contributed by atoms with Crippen LogP contribution in [0.1, 0.15) is 0 Å². The van der Waals surface area contributed by atoms with E-state index in [1.54, 1.807) is 47.0 Å². The molecular weight excluding hydrogens is 424 g/mol. The number of nitrogens with zero attached hydrogens (tertiary/aromatic N) is 4. The Morgan fingerprint density at radius 2 is 1.32 bits per heavy atom. The average molecular weight is 443 g/mol. The third-order valence-electron chi connectivity index (χ3n) is 2.65. The summed E-state index contributed by atoms with van der Waals surface area (Å²) in [6, 6.07) is 0. The first-order chi connectivity index (χ1) is 12.1. The highest BCUT2D eigenvalue weighted by Crippen LogP contribution is 2.21. The second-order valence-corrected chi connectivity index (χ2v) is 10.4. The van der Waals surface area contributed by atoms with E-state index in [-0.39, 0.29) is 0 Å². The maximum Gasteiger partial charge on any atom is 0.447 e. The number of carbonyl (C=O) groups is 2. The van der Waals surface area contributed by atoms with Crippen molar-refractivity contribution in [2.45, 2.75) is 0 Å². The van der Waals surface area contributed by atoms with Crippen molar-refractivity contribution in [3.05, 3.63) is 0 Å². The third kappa shape index (κ3) is 7.81. The summed E-state index contributed by atoms with van der Waals surface area (Å²) in [6.07, 6.45) is -1.34. The number of thioether (sulfide) groups is 4. The molecule has 8 nitrogen and oxygen atoms in total. The predicted molar refractivity (Wildman–Crippen MR) is 111 cm³/mol. The van der Waals surface area contributed by atoms with E-state index in [9.17, 15) is 9.59 Å². The van der Waals surface area contributed by atoms with Crippen LogP contribution in [0.2, 0.25) is 0 Å². The van der Waals surface area contributed by atoms with Crippen LogP contribution in [0.4, 0.5) is 9.59 Å². The molecule has 2 fully saturated rings. The average Bonchev–Trinajstić information content (AvgIpc) is 2.65. The van der Waals surface area contributed by atoms with Gasteiger partial charge in [0.05, 0.1) is 12.1 Å². The Morgan fingerprint density at radius 1 is 0.880 bits per heavy atom. The largest absolute Gasteiger partial charge is 0.447 e. The topological polar surface area (TPSA) is 83.8 Å². The Balaban J connectivity index is 1.72. The van der Waals surface area contributed by atoms with Crippen molar-refractivity contribution >= 4 is 81.5 Å². The van der Waals surface area contributed by atoms with E-state index in [1.807, 2.05) is 0 Å². The number of hydrogen-bond acceptors (Lipinski definition) is 11. The molecule has 2 heterocycles. The van der Waals surface area contributed by atoms with E-state index >= 15 is 0 Å². The fourth-order valence-electron chi connectivity index (χ4n) is 1.49. The molecule has 0 bridgehead atoms. The zero-order chi connectivity index (χ0) is 18.1. The molecule has 2 aliphatic heterocycles. The highest BCUT2D eigenvalue weighted by Gasteiger charge is 2.20. The van der Waals surface area contributed by atoms with Gasteiger partial charge in [0.1, 0.15) is 10.1 Å². The molecule has 2 amide bonds. The zero-order valence-electron chi connectivity index (χ0n) is 13.7. The molecule has 0 aliphatic carbocycles. The molecule has 25 heavy (non-hydrogen) atoms. The Kier molecular flexibility index (Phi) is 9.52. The smallest absolute Gasteiger partial charge is 0.296 e. The van der Waals surface area contributed by atoms with Crippen LogP contribution in [0, 0.1) is 0 Å². The van der Waals surface area contributed by atoms with Gasteiger partial charge in [0.25, 0.3) is 0 Å². The summed E-state index contributed by atoms with van der Waals surface area (Å²) < 4.78 is 2.31. The fourth-order valence-corrected chi connectivity index (χ4v) is 6.23. The van der Waals surface area contributed by atoms with Gasteiger partial charge in [-0.1, -0.05) is 10.3 Å². The van der Waals surface area contributed by atoms with Crippen LogP contribution in [-0.4, -0.2) is 79.5 Å². The summed E-state index contributed by atoms with van der Waals surface area (Å²) in [4.78, 5) is 33.6. The lowest BCUT2D eigenvalue weighted by molar-refractivity contribution is 0.131. The van der Waals surface area contributed by atoms with Crippen LogP contribution in [-0.2, 0) is 9.68 Å². The minimum atomic E-state index is -0.668. The zero-order valence-corrected chi connectivity index (χ0v) is 17.8. The van der Waals surface area contributed by atoms with Crippen molar-refractivity contribution in [1.82, 2.24) is 8.61 Å². The molecular formula is C12H18N4O4S5. The van der Waals surface area contributed by atoms with Gasteiger partial charge in [-0.25, -0.2) is 18.2 Å². The van der Waals surface area contributed by atoms with Crippen molar-refractivity contribution < 1.29 is 19.3 Å². The predicted octanol–water partition coefficient (Wildman–Crippen LogP) is 3.27. The Labute approximate surface area is 167 Å². The van der Waals surface area contributed by atoms with Gasteiger partial charge in [-0.3, -0.25) is 9.68 Å². The van der Waals surface area contributed by atoms with E-state index < -0.39 is 12.2 Å². The molecule has 0 spiro atoms. The van der Waals surface area contributed by atoms with E-state index in [2.05, 4.69) is 10.3 Å². The van der Waals surface area contributed by atoms with E-state index in [1.165, 1.54) is 14.1 Å². The standard InChI is InChI=1S/C12H18N4O4S5/c1-15(11(17)19-13-9-7-21-3-5-23-9)25-16(2)12(18)20-14-10-8-22-4-6-24-10/h3-8H2,1-2H3/b13-9+,14-10+. The Morgan fingerprint density at radius 3 is 1.68 bits per heavy atom. The number of amides is 2. The first-order valence-electron chi connectivity index (χ1n) is 7.18. The molecule has 0 unspecified atom stereocenters. The van der Waals surface area contributed by atoms with Gasteiger partial charge in [-0.2, -0.15) is 23.5 Å². The third-order valence-corrected chi connectivity index (χ3v) is 8.19. The quantitative estimate of drug-likeness (QED) is 0.370. The van der Waals surface area contributed by atoms with Crippen molar-refractivity contribution in [2.75, 3.05) is 48.6 Å². The van der Waals surface area contributed by atoms with Gasteiger partial charge in [0.15, 0.2) is 0 Å². The van der Waals surface area contributed by atoms with E-state index in [0.717, 1.165) is 65.3 Å². The summed E-state index contributed by atoms with van der Waals surface area (Å²) >= 11 is 7.50. The van der Waals surface area contributed by atoms with Gasteiger partial charge < -0.3 is 0 Å². The minimum Gasteiger partial charge on any atom is -0.296 e. The first-order valence-corrected chi connectivity index (χ1v) is 12.2. The normalized spacial score (nSPS) is 21.0. The molecule has 0 aromatic rings. The lowest BCUT2D eigenvalue weighted by Gasteiger charge is -2.19. The van der Waals surface area contributed by atoms with Crippen LogP contribution < -0.4 is 0 Å². The van der Waals surface area contributed by atoms with Crippen LogP contribution in [0.25, 0.3) is 0 Å². The monoisotopic (exact) mass is 442 g/mol. The van der Waals surface area contributed by atoms with Gasteiger partial charge in [0.2, 0.25) is 0 Å². The van der Waals surface area contributed by atoms with Crippen LogP contribution in [0.5, 0.6) is 0 Å². The van der Waals surface area contributed by atoms with Gasteiger partial charge in [-0.05, 0) is 0 Å². The van der Waals surface area contributed by atoms with Gasteiger partial charge >= 0.3 is 12.2 Å². The first kappa shape index (κ1) is 20.9. The molecule has 0 N–H and O–H groups in total. The van der Waals surface area contributed by atoms with E-state index in [0.29, 0.717) is 0 Å². The lowest BCUT2D eigenvalue weighted by Crippen LogP contribution is -2.29. The maximum atomic E-state index is 11.9. The van der Waals surface area contributed by atoms with Crippen molar-refractivity contribution in [1.29, 1.82) is 0 Å². The summed E-state index contributed by atoms with van der Waals surface area (Å²) in [6.45, 7) is 0. The molecule has 140 valence electrons. The molecule has 0 atom stereocenters. The van der Waals surface area contributed by atoms with E-state index in [4.69, 9.17) is 9.68 Å². The summed E-state index contributed by atoms with van der Waals surface area (Å²) in [5.41, 5.74) is 0. The molecule has 0 radical (unpaired) electrons. The summed E-state index contributed by atoms with van der Waals surface area (Å²) in [7, 11) is 2.97. The van der Waals surface area contributed by atoms with Crippen molar-refractivity contribution in [3.63, 3.8) is 0 Å². The molecule has 2 rings (SSSR count). The molecule has 2 saturated heterocycles. The maximum absolute atomic E-state index is 11.9. The fraction of sp³-hybridized carbons (Fsp3) is 0.667. The van der Waals surface area contributed by atoms with Gasteiger partial charge in [0, 0.05) is 48.6 Å². The highest BCUT2D eigenvalue weighted by molar-refractivity contribution is 8.18. The molecule has 0 saturated carbocycles. The second kappa shape index (κ2) is 11.4. The van der Waals surface area contributed by atoms with Crippen LogP contribution >= 0.6 is 59.2 Å². The number of hydrogen-bond donors (Lipinski definition) is 0. The number of oxime groups is 2. The molecule has 0 aromatic heterocycles. The SMILES string of the molecule is CN(SN(C)C(=O)O/N=C1\CSCCS1)C(=O)O/N=C1\CSCCS1. The molecule has 0 aromatic carbocycles. The molecule has 13 heteroatoms. The van der Waals surface area contributed by atoms with Crippen molar-refractivity contribution in [3.8, 4) is 0 Å².